The molecule has 55 atom stereocenters. The van der Waals surface area contributed by atoms with Gasteiger partial charge in [-0.15, -0.1) is 0 Å². The van der Waals surface area contributed by atoms with Crippen LogP contribution in [0.3, 0.4) is 0 Å². The van der Waals surface area contributed by atoms with E-state index in [1.54, 1.807) is 0 Å². The number of aliphatic hydroxyl groups excluding tert-OH is 32. The first kappa shape index (κ1) is 105. The third-order valence-corrected chi connectivity index (χ3v) is 23.8. The molecule has 11 aliphatic rings. The van der Waals surface area contributed by atoms with Gasteiger partial charge in [0.15, 0.2) is 62.9 Å². The molecule has 11 saturated heterocycles. The molecule has 0 radical (unpaired) electrons. The molecule has 0 spiro atoms. The Morgan fingerprint density at radius 3 is 0.789 bits per heavy atom. The molecule has 0 aromatic carbocycles. The summed E-state index contributed by atoms with van der Waals surface area (Å²) in [7, 11) is 0. The number of aliphatic hydroxyl groups is 32. The van der Waals surface area contributed by atoms with E-state index in [2.05, 4.69) is 10.6 Å². The lowest BCUT2D eigenvalue weighted by atomic mass is 9.93. The number of nitrogens with two attached hydrogens (primary N) is 1. The van der Waals surface area contributed by atoms with Crippen LogP contribution in [-0.4, -0.2) is 585 Å². The van der Waals surface area contributed by atoms with Gasteiger partial charge in [-0.1, -0.05) is 0 Å². The molecule has 0 aromatic heterocycles. The Hall–Kier alpha value is -3.22. The molecular weight excluding hydrogens is 1760 g/mol. The average molecular weight is 1880 g/mol. The Bertz CT molecular complexity index is 3390. The predicted molar refractivity (Wildman–Crippen MR) is 387 cm³/mol. The van der Waals surface area contributed by atoms with Gasteiger partial charge in [-0.3, -0.25) is 9.59 Å². The minimum atomic E-state index is -2.68. The van der Waals surface area contributed by atoms with Crippen LogP contribution in [0, 0.1) is 0 Å². The maximum Gasteiger partial charge on any atom is 0.217 e. The Labute approximate surface area is 722 Å². The number of carbonyl (C=O) groups excluding carboxylic acids is 2. The fourth-order valence-electron chi connectivity index (χ4n) is 16.5. The van der Waals surface area contributed by atoms with Crippen LogP contribution in [0.25, 0.3) is 0 Å². The van der Waals surface area contributed by atoms with Crippen molar-refractivity contribution in [2.75, 3.05) is 72.7 Å². The number of hydrogen-bond acceptors (Lipinski definition) is 56. The second-order valence-corrected chi connectivity index (χ2v) is 32.4. The first-order valence-electron chi connectivity index (χ1n) is 40.8. The van der Waals surface area contributed by atoms with Crippen molar-refractivity contribution in [1.29, 1.82) is 0 Å². The van der Waals surface area contributed by atoms with Crippen molar-refractivity contribution in [3.63, 3.8) is 0 Å². The number of carbonyl (C=O) groups is 2. The summed E-state index contributed by atoms with van der Waals surface area (Å²) in [6.45, 7) is -10.7. The lowest BCUT2D eigenvalue weighted by Crippen LogP contribution is -2.71. The number of rotatable bonds is 33. The van der Waals surface area contributed by atoms with E-state index in [1.165, 1.54) is 0 Å². The molecule has 744 valence electrons. The Morgan fingerprint density at radius 1 is 0.219 bits per heavy atom. The van der Waals surface area contributed by atoms with Gasteiger partial charge in [0, 0.05) is 13.8 Å². The zero-order valence-electron chi connectivity index (χ0n) is 67.8. The van der Waals surface area contributed by atoms with Gasteiger partial charge in [0.1, 0.15) is 269 Å². The zero-order valence-corrected chi connectivity index (χ0v) is 67.8. The fraction of sp³-hybridized carbons (Fsp3) is 0.971. The summed E-state index contributed by atoms with van der Waals surface area (Å²) in [6.07, 6.45) is -116. The van der Waals surface area contributed by atoms with Gasteiger partial charge in [-0.25, -0.2) is 0 Å². The van der Waals surface area contributed by atoms with E-state index in [-0.39, 0.29) is 0 Å². The van der Waals surface area contributed by atoms with E-state index >= 15 is 0 Å². The fourth-order valence-corrected chi connectivity index (χ4v) is 16.5. The van der Waals surface area contributed by atoms with Gasteiger partial charge < -0.3 is 279 Å². The van der Waals surface area contributed by atoms with Crippen molar-refractivity contribution >= 4 is 11.8 Å². The van der Waals surface area contributed by atoms with Crippen LogP contribution in [0.5, 0.6) is 0 Å². The number of hydrogen-bond donors (Lipinski definition) is 35. The Balaban J connectivity index is 0.961. The molecule has 11 rings (SSSR count). The number of ether oxygens (including phenoxy) is 21. The highest BCUT2D eigenvalue weighted by atomic mass is 16.8. The van der Waals surface area contributed by atoms with Gasteiger partial charge in [0.2, 0.25) is 11.8 Å². The summed E-state index contributed by atoms with van der Waals surface area (Å²) in [5.74, 6) is -1.72. The molecule has 128 heavy (non-hydrogen) atoms. The Morgan fingerprint density at radius 2 is 0.445 bits per heavy atom. The summed E-state index contributed by atoms with van der Waals surface area (Å²) >= 11 is 0. The van der Waals surface area contributed by atoms with Crippen LogP contribution < -0.4 is 16.4 Å². The molecular formula is C70H119N3O55. The molecule has 0 aromatic rings. The topological polar surface area (TPSA) is 925 Å². The van der Waals surface area contributed by atoms with Crippen molar-refractivity contribution < 1.29 is 272 Å². The van der Waals surface area contributed by atoms with Crippen molar-refractivity contribution in [3.8, 4) is 0 Å². The third kappa shape index (κ3) is 22.5. The van der Waals surface area contributed by atoms with E-state index in [9.17, 15) is 173 Å². The molecule has 0 bridgehead atoms. The molecule has 58 nitrogen and oxygen atoms in total. The minimum absolute atomic E-state index is 0.744. The highest BCUT2D eigenvalue weighted by molar-refractivity contribution is 5.73. The second kappa shape index (κ2) is 45.8. The van der Waals surface area contributed by atoms with Gasteiger partial charge in [0.25, 0.3) is 0 Å². The first-order valence-corrected chi connectivity index (χ1v) is 40.8. The lowest BCUT2D eigenvalue weighted by Gasteiger charge is -2.51. The summed E-state index contributed by atoms with van der Waals surface area (Å²) in [4.78, 5) is 25.4. The van der Waals surface area contributed by atoms with Crippen molar-refractivity contribution in [3.05, 3.63) is 0 Å². The number of nitrogens with one attached hydrogen (secondary N) is 2. The highest BCUT2D eigenvalue weighted by Crippen LogP contribution is 2.42. The van der Waals surface area contributed by atoms with Crippen LogP contribution in [0.15, 0.2) is 0 Å². The van der Waals surface area contributed by atoms with E-state index in [0.717, 1.165) is 13.8 Å². The van der Waals surface area contributed by atoms with Crippen molar-refractivity contribution in [2.24, 2.45) is 5.73 Å². The molecule has 36 N–H and O–H groups in total. The minimum Gasteiger partial charge on any atom is -0.394 e. The van der Waals surface area contributed by atoms with Crippen LogP contribution in [0.2, 0.25) is 0 Å². The van der Waals surface area contributed by atoms with Crippen LogP contribution in [-0.2, 0) is 109 Å². The second-order valence-electron chi connectivity index (χ2n) is 32.4. The summed E-state index contributed by atoms with van der Waals surface area (Å²) in [6, 6.07) is -3.46. The SMILES string of the molecule is CC(=O)NC1[C@H](O[C@@H]2C(CO)O[C@@H](N)C(NC(C)=O)[C@H]2O)OC(CO)[C@@H](O[C@@H]2OC(CO[C@H]3OC(CO[C@H]4OC(CO)[C@@H](O)[C@H](O)C4O[C@H]4OC(CO)[C@@H](O)[C@H](O)C4O)[C@@H](O)[C@H](O[C@H]4O[C@@H](CO)[C@@H](O)C(O)C4O[C@H]4O[C@@H](CO)[C@@H](O)C(O)C4O)C3O)[C@@H](O)[C@H](O[C@H]3O[C@@H](CO)[C@@H](O)C(O)C3O[C@H]3O[C@@H](CO)[C@@H](O)C(O)C3O[C@H]3O[C@@H](CO)[C@@H](O)C(O)C3O)C2O)[C@@H]1O. The summed E-state index contributed by atoms with van der Waals surface area (Å²) in [5.41, 5.74) is 6.08. The van der Waals surface area contributed by atoms with E-state index in [1.807, 2.05) is 0 Å². The molecule has 11 aliphatic heterocycles. The van der Waals surface area contributed by atoms with E-state index in [4.69, 9.17) is 105 Å². The maximum atomic E-state index is 13.1. The molecule has 2 amide bonds. The van der Waals surface area contributed by atoms with E-state index in [0.29, 0.717) is 0 Å². The zero-order chi connectivity index (χ0) is 94.0. The molecule has 58 heteroatoms. The third-order valence-electron chi connectivity index (χ3n) is 23.8. The van der Waals surface area contributed by atoms with Crippen LogP contribution in [0.4, 0.5) is 0 Å². The summed E-state index contributed by atoms with van der Waals surface area (Å²) < 4.78 is 124. The van der Waals surface area contributed by atoms with Crippen LogP contribution >= 0.6 is 0 Å². The molecule has 11 fully saturated rings. The smallest absolute Gasteiger partial charge is 0.217 e. The normalized spacial score (nSPS) is 51.7. The van der Waals surface area contributed by atoms with Gasteiger partial charge in [0.05, 0.1) is 78.7 Å². The standard InChI is InChI=1S/C70H119N3O55/c1-14(83)72-27-38(94)52(23(10-81)110-60(27)71)121-61-28(73-15(2)84)39(95)53(24(11-82)118-61)122-66-51(107)55(124-69-59(46(102)35(91)21(8-79)116-69)128-70-58(45(101)34(90)22(9-80)117-70)127-65-49(105)42(98)31(87)18(5-76)113-65)37(93)26(120-66)12-108-62-50(106)54(123-68-57(44(100)33(89)20(7-78)115-68)126-64-48(104)41(97)30(86)17(4-75)112-64)36(92)25(119-62)13-109-67-56(43(99)32(88)19(6-77)114-67)125-63-47(103)40(96)29(85)16(3-74)111-63/h16-70,74-82,85-107H,3-13,71H2,1-2H3,(H,72,83)(H,73,84)/t16?,17-,18-,19?,20-,21-,22-,23?,24?,25?,26?,27?,28?,29+,30+,31+,32+,33+,34+,35+,36+,37+,38+,39+,40-,41?,42?,43-,44?,45?,46?,47?,48?,49?,50?,51?,52+,53+,54-,55-,56?,57?,58?,59?,60+,61-,62-,63+,64+,65+,66-,67-,68+,69+,70+/m0/s1. The van der Waals surface area contributed by atoms with Gasteiger partial charge in [-0.2, -0.15) is 0 Å². The van der Waals surface area contributed by atoms with Gasteiger partial charge in [-0.05, 0) is 0 Å². The lowest BCUT2D eigenvalue weighted by molar-refractivity contribution is -0.408. The monoisotopic (exact) mass is 1880 g/mol. The Kier molecular flexibility index (Phi) is 37.7. The molecule has 0 aliphatic carbocycles. The quantitative estimate of drug-likeness (QED) is 0.0290. The molecule has 0 saturated carbocycles. The summed E-state index contributed by atoms with van der Waals surface area (Å²) in [5, 5.41) is 362. The molecule has 22 unspecified atom stereocenters. The highest BCUT2D eigenvalue weighted by Gasteiger charge is 2.62. The number of amides is 2. The van der Waals surface area contributed by atoms with Crippen molar-refractivity contribution in [1.82, 2.24) is 10.6 Å². The van der Waals surface area contributed by atoms with E-state index < -0.39 is 422 Å². The molecule has 11 heterocycles. The van der Waals surface area contributed by atoms with Crippen LogP contribution in [0.1, 0.15) is 13.8 Å². The van der Waals surface area contributed by atoms with Crippen molar-refractivity contribution in [2.45, 2.75) is 351 Å². The van der Waals surface area contributed by atoms with Gasteiger partial charge >= 0.3 is 0 Å². The average Bonchev–Trinajstić information content (AvgIpc) is 0.764. The largest absolute Gasteiger partial charge is 0.394 e. The maximum absolute atomic E-state index is 13.1. The first-order chi connectivity index (χ1) is 60.7. The predicted octanol–water partition coefficient (Wildman–Crippen LogP) is -24.7.